The molecule has 4 heteroatoms. The molecule has 1 atom stereocenters. The van der Waals surface area contributed by atoms with Crippen LogP contribution in [0.3, 0.4) is 0 Å². The standard InChI is InChI=1S/C15H22N2O2/c1-12-5-3-6-13(11-12)19-10-9-16-14(18)15(2)7-4-8-17-15/h3,5-6,11,17H,4,7-10H2,1-2H3,(H,16,18). The Balaban J connectivity index is 1.71. The molecule has 0 bridgehead atoms. The second-order valence-corrected chi connectivity index (χ2v) is 5.28. The van der Waals surface area contributed by atoms with E-state index in [-0.39, 0.29) is 5.91 Å². The number of aryl methyl sites for hydroxylation is 1. The van der Waals surface area contributed by atoms with Crippen molar-refractivity contribution < 1.29 is 9.53 Å². The van der Waals surface area contributed by atoms with Crippen molar-refractivity contribution in [3.05, 3.63) is 29.8 Å². The lowest BCUT2D eigenvalue weighted by atomic mass is 9.99. The lowest BCUT2D eigenvalue weighted by Crippen LogP contribution is -2.51. The van der Waals surface area contributed by atoms with Gasteiger partial charge in [-0.15, -0.1) is 0 Å². The average molecular weight is 262 g/mol. The van der Waals surface area contributed by atoms with E-state index in [1.54, 1.807) is 0 Å². The first-order valence-corrected chi connectivity index (χ1v) is 6.83. The van der Waals surface area contributed by atoms with E-state index in [0.29, 0.717) is 13.2 Å². The van der Waals surface area contributed by atoms with Gasteiger partial charge in [0, 0.05) is 0 Å². The van der Waals surface area contributed by atoms with Gasteiger partial charge in [0.05, 0.1) is 12.1 Å². The molecule has 2 rings (SSSR count). The first-order chi connectivity index (χ1) is 9.10. The van der Waals surface area contributed by atoms with Crippen molar-refractivity contribution in [2.24, 2.45) is 0 Å². The van der Waals surface area contributed by atoms with Gasteiger partial charge in [-0.3, -0.25) is 4.79 Å². The molecule has 2 N–H and O–H groups in total. The Morgan fingerprint density at radius 1 is 1.53 bits per heavy atom. The quantitative estimate of drug-likeness (QED) is 0.793. The molecule has 1 amide bonds. The molecule has 19 heavy (non-hydrogen) atoms. The highest BCUT2D eigenvalue weighted by molar-refractivity contribution is 5.86. The number of nitrogens with one attached hydrogen (secondary N) is 2. The van der Waals surface area contributed by atoms with E-state index in [9.17, 15) is 4.79 Å². The number of carbonyl (C=O) groups excluding carboxylic acids is 1. The van der Waals surface area contributed by atoms with Crippen molar-refractivity contribution in [1.29, 1.82) is 0 Å². The summed E-state index contributed by atoms with van der Waals surface area (Å²) in [5.41, 5.74) is 0.771. The van der Waals surface area contributed by atoms with Gasteiger partial charge >= 0.3 is 0 Å². The van der Waals surface area contributed by atoms with Gasteiger partial charge < -0.3 is 15.4 Å². The molecule has 0 saturated carbocycles. The van der Waals surface area contributed by atoms with Crippen LogP contribution in [0.4, 0.5) is 0 Å². The van der Waals surface area contributed by atoms with Crippen LogP contribution in [-0.2, 0) is 4.79 Å². The molecule has 0 aliphatic carbocycles. The lowest BCUT2D eigenvalue weighted by Gasteiger charge is -2.23. The molecule has 1 aliphatic heterocycles. The van der Waals surface area contributed by atoms with Crippen LogP contribution in [0.15, 0.2) is 24.3 Å². The predicted octanol–water partition coefficient (Wildman–Crippen LogP) is 1.63. The largest absolute Gasteiger partial charge is 0.492 e. The maximum Gasteiger partial charge on any atom is 0.240 e. The Morgan fingerprint density at radius 3 is 3.05 bits per heavy atom. The minimum Gasteiger partial charge on any atom is -0.492 e. The van der Waals surface area contributed by atoms with Crippen molar-refractivity contribution in [3.63, 3.8) is 0 Å². The second-order valence-electron chi connectivity index (χ2n) is 5.28. The van der Waals surface area contributed by atoms with Crippen molar-refractivity contribution in [2.45, 2.75) is 32.2 Å². The molecule has 4 nitrogen and oxygen atoms in total. The van der Waals surface area contributed by atoms with Crippen LogP contribution in [0, 0.1) is 6.92 Å². The van der Waals surface area contributed by atoms with E-state index in [1.165, 1.54) is 5.56 Å². The molecule has 1 aliphatic rings. The molecule has 1 saturated heterocycles. The zero-order chi connectivity index (χ0) is 13.7. The summed E-state index contributed by atoms with van der Waals surface area (Å²) >= 11 is 0. The Kier molecular flexibility index (Phi) is 4.43. The molecular formula is C15H22N2O2. The van der Waals surface area contributed by atoms with Crippen molar-refractivity contribution in [2.75, 3.05) is 19.7 Å². The van der Waals surface area contributed by atoms with Gasteiger partial charge in [-0.1, -0.05) is 12.1 Å². The highest BCUT2D eigenvalue weighted by Crippen LogP contribution is 2.18. The summed E-state index contributed by atoms with van der Waals surface area (Å²) in [7, 11) is 0. The number of ether oxygens (including phenoxy) is 1. The van der Waals surface area contributed by atoms with Crippen molar-refractivity contribution in [3.8, 4) is 5.75 Å². The minimum atomic E-state index is -0.399. The van der Waals surface area contributed by atoms with E-state index in [1.807, 2.05) is 38.1 Å². The smallest absolute Gasteiger partial charge is 0.240 e. The molecule has 1 aromatic carbocycles. The first-order valence-electron chi connectivity index (χ1n) is 6.83. The third kappa shape index (κ3) is 3.70. The van der Waals surface area contributed by atoms with Crippen molar-refractivity contribution in [1.82, 2.24) is 10.6 Å². The number of rotatable bonds is 5. The number of amides is 1. The van der Waals surface area contributed by atoms with Crippen LogP contribution >= 0.6 is 0 Å². The van der Waals surface area contributed by atoms with E-state index < -0.39 is 5.54 Å². The number of hydrogen-bond acceptors (Lipinski definition) is 3. The summed E-state index contributed by atoms with van der Waals surface area (Å²) in [4.78, 5) is 12.0. The molecule has 1 aromatic rings. The third-order valence-electron chi connectivity index (χ3n) is 3.52. The van der Waals surface area contributed by atoms with Crippen LogP contribution in [0.2, 0.25) is 0 Å². The summed E-state index contributed by atoms with van der Waals surface area (Å²) in [6, 6.07) is 7.91. The van der Waals surface area contributed by atoms with Gasteiger partial charge in [-0.25, -0.2) is 0 Å². The molecule has 1 heterocycles. The molecule has 0 radical (unpaired) electrons. The Labute approximate surface area is 114 Å². The SMILES string of the molecule is Cc1cccc(OCCNC(=O)C2(C)CCCN2)c1. The van der Waals surface area contributed by atoms with E-state index in [0.717, 1.165) is 25.1 Å². The number of benzene rings is 1. The fraction of sp³-hybridized carbons (Fsp3) is 0.533. The number of hydrogen-bond donors (Lipinski definition) is 2. The molecular weight excluding hydrogens is 240 g/mol. The molecule has 1 unspecified atom stereocenters. The maximum absolute atomic E-state index is 12.0. The molecule has 1 fully saturated rings. The zero-order valence-corrected chi connectivity index (χ0v) is 11.7. The normalized spacial score (nSPS) is 22.2. The maximum atomic E-state index is 12.0. The predicted molar refractivity (Wildman–Crippen MR) is 75.3 cm³/mol. The van der Waals surface area contributed by atoms with E-state index in [2.05, 4.69) is 10.6 Å². The molecule has 104 valence electrons. The fourth-order valence-corrected chi connectivity index (χ4v) is 2.32. The Morgan fingerprint density at radius 2 is 2.37 bits per heavy atom. The van der Waals surface area contributed by atoms with Gasteiger partial charge in [0.2, 0.25) is 5.91 Å². The summed E-state index contributed by atoms with van der Waals surface area (Å²) in [6.07, 6.45) is 1.96. The van der Waals surface area contributed by atoms with Gasteiger partial charge in [-0.05, 0) is 50.9 Å². The van der Waals surface area contributed by atoms with Gasteiger partial charge in [0.25, 0.3) is 0 Å². The van der Waals surface area contributed by atoms with Crippen LogP contribution in [0.1, 0.15) is 25.3 Å². The van der Waals surface area contributed by atoms with Gasteiger partial charge in [0.1, 0.15) is 12.4 Å². The summed E-state index contributed by atoms with van der Waals surface area (Å²) in [6.45, 7) is 5.93. The second kappa shape index (κ2) is 6.06. The van der Waals surface area contributed by atoms with Gasteiger partial charge in [0.15, 0.2) is 0 Å². The zero-order valence-electron chi connectivity index (χ0n) is 11.7. The van der Waals surface area contributed by atoms with Crippen LogP contribution in [0.5, 0.6) is 5.75 Å². The van der Waals surface area contributed by atoms with E-state index in [4.69, 9.17) is 4.74 Å². The highest BCUT2D eigenvalue weighted by Gasteiger charge is 2.35. The highest BCUT2D eigenvalue weighted by atomic mass is 16.5. The monoisotopic (exact) mass is 262 g/mol. The molecule has 0 aromatic heterocycles. The minimum absolute atomic E-state index is 0.0674. The Hall–Kier alpha value is -1.55. The van der Waals surface area contributed by atoms with Crippen LogP contribution in [-0.4, -0.2) is 31.1 Å². The van der Waals surface area contributed by atoms with Crippen LogP contribution in [0.25, 0.3) is 0 Å². The summed E-state index contributed by atoms with van der Waals surface area (Å²) < 4.78 is 5.60. The topological polar surface area (TPSA) is 50.4 Å². The fourth-order valence-electron chi connectivity index (χ4n) is 2.32. The van der Waals surface area contributed by atoms with Crippen LogP contribution < -0.4 is 15.4 Å². The summed E-state index contributed by atoms with van der Waals surface area (Å²) in [5.74, 6) is 0.914. The van der Waals surface area contributed by atoms with E-state index >= 15 is 0 Å². The van der Waals surface area contributed by atoms with Gasteiger partial charge in [-0.2, -0.15) is 0 Å². The Bertz CT molecular complexity index is 440. The first kappa shape index (κ1) is 13.9. The van der Waals surface area contributed by atoms with Crippen molar-refractivity contribution >= 4 is 5.91 Å². The number of carbonyl (C=O) groups is 1. The molecule has 0 spiro atoms. The summed E-state index contributed by atoms with van der Waals surface area (Å²) in [5, 5.41) is 6.17. The third-order valence-corrected chi connectivity index (χ3v) is 3.52. The average Bonchev–Trinajstić information content (AvgIpc) is 2.83. The lowest BCUT2D eigenvalue weighted by molar-refractivity contribution is -0.126.